The minimum Gasteiger partial charge on any atom is -0.247 e. The van der Waals surface area contributed by atoms with Crippen LogP contribution in [0, 0.1) is 22.7 Å². The molecule has 0 aliphatic carbocycles. The van der Waals surface area contributed by atoms with Gasteiger partial charge < -0.3 is 0 Å². The number of pyridine rings is 2. The Hall–Kier alpha value is -13.6. The summed E-state index contributed by atoms with van der Waals surface area (Å²) in [4.78, 5) is 10.8. The average molecular weight is 1270 g/mol. The van der Waals surface area contributed by atoms with Crippen molar-refractivity contribution in [2.75, 3.05) is 0 Å². The van der Waals surface area contributed by atoms with Crippen LogP contribution in [0.25, 0.3) is 197 Å². The minimum atomic E-state index is 0.609. The highest BCUT2D eigenvalue weighted by Gasteiger charge is 2.23. The molecule has 0 saturated carbocycles. The van der Waals surface area contributed by atoms with Gasteiger partial charge in [0.1, 0.15) is 0 Å². The molecule has 18 aromatic carbocycles. The fourth-order valence-electron chi connectivity index (χ4n) is 15.9. The lowest BCUT2D eigenvalue weighted by atomic mass is 9.86. The molecule has 4 heteroatoms. The largest absolute Gasteiger partial charge is 0.247 e. The fourth-order valence-corrected chi connectivity index (χ4v) is 15.9. The molecule has 2 aromatic heterocycles. The number of benzene rings is 18. The van der Waals surface area contributed by atoms with E-state index in [0.717, 1.165) is 77.2 Å². The number of aromatic nitrogens is 2. The van der Waals surface area contributed by atoms with E-state index < -0.39 is 0 Å². The van der Waals surface area contributed by atoms with Crippen molar-refractivity contribution >= 4 is 130 Å². The van der Waals surface area contributed by atoms with Crippen molar-refractivity contribution in [3.05, 3.63) is 351 Å². The van der Waals surface area contributed by atoms with Gasteiger partial charge in [0, 0.05) is 32.7 Å². The Balaban J connectivity index is 0.000000139. The highest BCUT2D eigenvalue weighted by molar-refractivity contribution is 6.26. The molecule has 0 bridgehead atoms. The Morgan fingerprint density at radius 3 is 0.820 bits per heavy atom. The number of hydrogen-bond donors (Lipinski definition) is 0. The van der Waals surface area contributed by atoms with E-state index in [0.29, 0.717) is 11.1 Å². The van der Waals surface area contributed by atoms with E-state index in [1.165, 1.54) is 119 Å². The zero-order valence-electron chi connectivity index (χ0n) is 54.1. The molecule has 0 aliphatic rings. The van der Waals surface area contributed by atoms with Gasteiger partial charge >= 0.3 is 0 Å². The van der Waals surface area contributed by atoms with Gasteiger partial charge in [-0.05, 0) is 208 Å². The van der Waals surface area contributed by atoms with Crippen molar-refractivity contribution in [1.82, 2.24) is 9.97 Å². The van der Waals surface area contributed by atoms with Crippen LogP contribution in [0.1, 0.15) is 11.1 Å². The Bertz CT molecular complexity index is 6930. The maximum atomic E-state index is 10.2. The van der Waals surface area contributed by atoms with Gasteiger partial charge in [0.15, 0.2) is 0 Å². The minimum absolute atomic E-state index is 0.609. The summed E-state index contributed by atoms with van der Waals surface area (Å²) in [5.41, 5.74) is 15.9. The number of nitrogens with zero attached hydrogens (tertiary/aromatic N) is 4. The number of nitriles is 2. The highest BCUT2D eigenvalue weighted by atomic mass is 14.7. The van der Waals surface area contributed by atoms with Crippen molar-refractivity contribution in [1.29, 1.82) is 10.5 Å². The lowest BCUT2D eigenvalue weighted by Gasteiger charge is -2.19. The normalized spacial score (nSPS) is 11.6. The first kappa shape index (κ1) is 57.8. The van der Waals surface area contributed by atoms with Crippen molar-refractivity contribution in [3.8, 4) is 79.2 Å². The van der Waals surface area contributed by atoms with E-state index in [4.69, 9.17) is 9.97 Å². The van der Waals surface area contributed by atoms with Crippen LogP contribution in [-0.2, 0) is 0 Å². The molecule has 0 amide bonds. The van der Waals surface area contributed by atoms with Crippen molar-refractivity contribution in [3.63, 3.8) is 0 Å². The third-order valence-corrected chi connectivity index (χ3v) is 20.5. The van der Waals surface area contributed by atoms with Crippen LogP contribution in [0.2, 0.25) is 0 Å². The number of fused-ring (bicyclic) bond motifs is 18. The monoisotopic (exact) mass is 1260 g/mol. The highest BCUT2D eigenvalue weighted by Crippen LogP contribution is 2.49. The van der Waals surface area contributed by atoms with E-state index >= 15 is 0 Å². The van der Waals surface area contributed by atoms with E-state index in [9.17, 15) is 10.5 Å². The predicted molar refractivity (Wildman–Crippen MR) is 421 cm³/mol. The molecule has 20 rings (SSSR count). The van der Waals surface area contributed by atoms with Crippen LogP contribution < -0.4 is 0 Å². The van der Waals surface area contributed by atoms with Crippen LogP contribution in [0.4, 0.5) is 0 Å². The zero-order chi connectivity index (χ0) is 66.4. The van der Waals surface area contributed by atoms with E-state index in [2.05, 4.69) is 303 Å². The molecule has 100 heavy (non-hydrogen) atoms. The molecule has 0 spiro atoms. The smallest absolute Gasteiger partial charge is 0.0998 e. The Morgan fingerprint density at radius 2 is 0.460 bits per heavy atom. The van der Waals surface area contributed by atoms with Crippen LogP contribution in [-0.4, -0.2) is 9.97 Å². The quantitative estimate of drug-likeness (QED) is 0.156. The van der Waals surface area contributed by atoms with Crippen LogP contribution >= 0.6 is 0 Å². The lowest BCUT2D eigenvalue weighted by molar-refractivity contribution is 1.39. The maximum Gasteiger partial charge on any atom is 0.0998 e. The van der Waals surface area contributed by atoms with Crippen LogP contribution in [0.15, 0.2) is 340 Å². The second-order valence-electron chi connectivity index (χ2n) is 26.0. The molecule has 0 unspecified atom stereocenters. The molecule has 0 radical (unpaired) electrons. The summed E-state index contributed by atoms with van der Waals surface area (Å²) in [6.45, 7) is 0. The first-order valence-corrected chi connectivity index (χ1v) is 33.9. The SMILES string of the molecule is N#Cc1ccc(-c2cc(-c3cc4ccccc4c4ccccc34)c3cc(-c4cc5ccccc5c5ccccc45)c4ccccc4c3n2)cc1.N#Cc1ccccc1-c1cc(-c2cc3ccccc3c3ccccc23)c2cc(-c3cc4ccccc4c4ccccc34)c3ccccc3c2n1. The molecule has 20 aromatic rings. The summed E-state index contributed by atoms with van der Waals surface area (Å²) >= 11 is 0. The maximum absolute atomic E-state index is 10.2. The zero-order valence-corrected chi connectivity index (χ0v) is 54.1. The van der Waals surface area contributed by atoms with Gasteiger partial charge in [-0.2, -0.15) is 10.5 Å². The number of rotatable bonds is 6. The van der Waals surface area contributed by atoms with Crippen molar-refractivity contribution in [2.45, 2.75) is 0 Å². The molecule has 0 aliphatic heterocycles. The van der Waals surface area contributed by atoms with Gasteiger partial charge in [-0.1, -0.05) is 273 Å². The van der Waals surface area contributed by atoms with Crippen molar-refractivity contribution < 1.29 is 0 Å². The molecule has 460 valence electrons. The summed E-state index contributed by atoms with van der Waals surface area (Å²) in [6, 6.07) is 126. The predicted octanol–water partition coefficient (Wildman–Crippen LogP) is 25.7. The second kappa shape index (κ2) is 23.6. The Labute approximate surface area is 576 Å². The summed E-state index contributed by atoms with van der Waals surface area (Å²) in [5.74, 6) is 0. The molecule has 2 heterocycles. The third-order valence-electron chi connectivity index (χ3n) is 20.5. The molecule has 0 saturated heterocycles. The first-order chi connectivity index (χ1) is 49.5. The van der Waals surface area contributed by atoms with Crippen molar-refractivity contribution in [2.24, 2.45) is 0 Å². The Morgan fingerprint density at radius 1 is 0.190 bits per heavy atom. The molecule has 0 atom stereocenters. The van der Waals surface area contributed by atoms with Gasteiger partial charge in [-0.3, -0.25) is 0 Å². The molecular weight excluding hydrogens is 1210 g/mol. The first-order valence-electron chi connectivity index (χ1n) is 33.9. The van der Waals surface area contributed by atoms with Gasteiger partial charge in [0.25, 0.3) is 0 Å². The van der Waals surface area contributed by atoms with E-state index in [-0.39, 0.29) is 0 Å². The van der Waals surface area contributed by atoms with Crippen LogP contribution in [0.3, 0.4) is 0 Å². The van der Waals surface area contributed by atoms with E-state index in [1.54, 1.807) is 0 Å². The molecule has 4 nitrogen and oxygen atoms in total. The third kappa shape index (κ3) is 9.43. The second-order valence-corrected chi connectivity index (χ2v) is 26.0. The van der Waals surface area contributed by atoms with E-state index in [1.807, 2.05) is 48.5 Å². The molecule has 0 fully saturated rings. The summed E-state index contributed by atoms with van der Waals surface area (Å²) in [7, 11) is 0. The standard InChI is InChI=1S/2C48H28N2/c49-29-32-15-3-6-18-35(32)47-28-45(43-26-31-14-2-5-17-34(31)37-20-8-10-22-39(37)43)46-27-44(40-23-11-12-24-41(40)48(46)50-47)42-25-30-13-1-4-16-33(30)36-19-7-9-21-38(36)42;49-29-30-21-23-31(24-22-30)47-28-45(43-26-33-12-2-4-14-35(33)37-16-6-8-18-39(37)43)46-27-44(40-19-9-10-20-41(40)48(46)50-47)42-25-32-11-1-3-13-34(32)36-15-5-7-17-38(36)42/h2*1-28H. The fraction of sp³-hybridized carbons (Fsp3) is 0. The van der Waals surface area contributed by atoms with Crippen LogP contribution in [0.5, 0.6) is 0 Å². The van der Waals surface area contributed by atoms with Gasteiger partial charge in [0.05, 0.1) is 45.7 Å². The summed E-state index contributed by atoms with van der Waals surface area (Å²) in [6.07, 6.45) is 0. The summed E-state index contributed by atoms with van der Waals surface area (Å²) in [5, 5.41) is 46.0. The average Bonchev–Trinajstić information content (AvgIpc) is 0.725. The summed E-state index contributed by atoms with van der Waals surface area (Å²) < 4.78 is 0. The van der Waals surface area contributed by atoms with Gasteiger partial charge in [-0.15, -0.1) is 0 Å². The molecule has 0 N–H and O–H groups in total. The molecular formula is C96H56N4. The van der Waals surface area contributed by atoms with Gasteiger partial charge in [-0.25, -0.2) is 9.97 Å². The lowest BCUT2D eigenvalue weighted by Crippen LogP contribution is -1.95. The topological polar surface area (TPSA) is 73.4 Å². The number of hydrogen-bond acceptors (Lipinski definition) is 4. The van der Waals surface area contributed by atoms with Gasteiger partial charge in [0.2, 0.25) is 0 Å². The Kier molecular flexibility index (Phi) is 13.6.